The first kappa shape index (κ1) is 23.7. The molecule has 1 N–H and O–H groups in total. The third-order valence-electron chi connectivity index (χ3n) is 5.72. The summed E-state index contributed by atoms with van der Waals surface area (Å²) in [4.78, 5) is 9.24. The number of hydrogen-bond donors (Lipinski definition) is 1. The van der Waals surface area contributed by atoms with Gasteiger partial charge in [0, 0.05) is 25.6 Å². The SMILES string of the molecule is CC(Cc1nncn1C)c1cccc(-c2nc3c(C(F)(F)F)c(OCCN(C)C)ccc3[nH]2)c1. The molecule has 2 aromatic heterocycles. The van der Waals surface area contributed by atoms with Crippen LogP contribution in [-0.2, 0) is 19.6 Å². The van der Waals surface area contributed by atoms with Crippen molar-refractivity contribution in [3.8, 4) is 17.1 Å². The molecule has 0 amide bonds. The summed E-state index contributed by atoms with van der Waals surface area (Å²) in [5.41, 5.74) is 1.03. The first-order chi connectivity index (χ1) is 16.1. The van der Waals surface area contributed by atoms with Crippen LogP contribution in [0.15, 0.2) is 42.7 Å². The maximum atomic E-state index is 14.0. The highest BCUT2D eigenvalue weighted by Crippen LogP contribution is 2.41. The van der Waals surface area contributed by atoms with Gasteiger partial charge in [0.25, 0.3) is 0 Å². The van der Waals surface area contributed by atoms with Crippen molar-refractivity contribution < 1.29 is 17.9 Å². The molecule has 7 nitrogen and oxygen atoms in total. The Balaban J connectivity index is 1.67. The number of likely N-dealkylation sites (N-methyl/N-ethyl adjacent to an activating group) is 1. The lowest BCUT2D eigenvalue weighted by Crippen LogP contribution is -2.20. The molecule has 0 aliphatic rings. The quantitative estimate of drug-likeness (QED) is 0.404. The second-order valence-electron chi connectivity index (χ2n) is 8.66. The van der Waals surface area contributed by atoms with Crippen LogP contribution in [0.5, 0.6) is 5.75 Å². The summed E-state index contributed by atoms with van der Waals surface area (Å²) in [5.74, 6) is 1.15. The van der Waals surface area contributed by atoms with Gasteiger partial charge in [-0.1, -0.05) is 25.1 Å². The lowest BCUT2D eigenvalue weighted by molar-refractivity contribution is -0.137. The van der Waals surface area contributed by atoms with Gasteiger partial charge in [-0.25, -0.2) is 4.98 Å². The van der Waals surface area contributed by atoms with Gasteiger partial charge < -0.3 is 19.2 Å². The number of alkyl halides is 3. The van der Waals surface area contributed by atoms with Gasteiger partial charge in [-0.3, -0.25) is 0 Å². The highest BCUT2D eigenvalue weighted by Gasteiger charge is 2.38. The molecule has 2 aromatic carbocycles. The summed E-state index contributed by atoms with van der Waals surface area (Å²) < 4.78 is 49.4. The van der Waals surface area contributed by atoms with E-state index in [1.807, 2.05) is 54.9 Å². The lowest BCUT2D eigenvalue weighted by atomic mass is 9.95. The van der Waals surface area contributed by atoms with E-state index in [-0.39, 0.29) is 23.8 Å². The van der Waals surface area contributed by atoms with E-state index in [4.69, 9.17) is 4.74 Å². The van der Waals surface area contributed by atoms with Gasteiger partial charge in [0.15, 0.2) is 0 Å². The molecule has 0 aliphatic heterocycles. The highest BCUT2D eigenvalue weighted by molar-refractivity contribution is 5.85. The molecule has 0 fully saturated rings. The zero-order valence-electron chi connectivity index (χ0n) is 19.5. The molecule has 2 heterocycles. The Morgan fingerprint density at radius 1 is 1.18 bits per heavy atom. The average Bonchev–Trinajstić information content (AvgIpc) is 3.38. The van der Waals surface area contributed by atoms with Crippen molar-refractivity contribution in [2.24, 2.45) is 7.05 Å². The molecule has 4 rings (SSSR count). The summed E-state index contributed by atoms with van der Waals surface area (Å²) in [6.07, 6.45) is -2.26. The molecule has 4 aromatic rings. The number of aromatic amines is 1. The van der Waals surface area contributed by atoms with Crippen LogP contribution < -0.4 is 4.74 Å². The van der Waals surface area contributed by atoms with Gasteiger partial charge in [0.05, 0.1) is 5.52 Å². The Kier molecular flexibility index (Phi) is 6.60. The summed E-state index contributed by atoms with van der Waals surface area (Å²) in [5, 5.41) is 8.05. The molecule has 1 atom stereocenters. The summed E-state index contributed by atoms with van der Waals surface area (Å²) in [7, 11) is 5.56. The molecule has 0 saturated carbocycles. The minimum atomic E-state index is -4.61. The normalized spacial score (nSPS) is 13.1. The number of ether oxygens (including phenoxy) is 1. The third-order valence-corrected chi connectivity index (χ3v) is 5.72. The van der Waals surface area contributed by atoms with Gasteiger partial charge in [-0.15, -0.1) is 10.2 Å². The van der Waals surface area contributed by atoms with Crippen molar-refractivity contribution in [3.63, 3.8) is 0 Å². The van der Waals surface area contributed by atoms with Crippen LogP contribution in [0.25, 0.3) is 22.4 Å². The number of H-pyrrole nitrogens is 1. The summed E-state index contributed by atoms with van der Waals surface area (Å²) in [6.45, 7) is 2.72. The molecule has 0 spiro atoms. The van der Waals surface area contributed by atoms with Gasteiger partial charge in [0.2, 0.25) is 0 Å². The number of hydrogen-bond acceptors (Lipinski definition) is 5. The Morgan fingerprint density at radius 3 is 2.65 bits per heavy atom. The zero-order chi connectivity index (χ0) is 24.5. The van der Waals surface area contributed by atoms with Crippen molar-refractivity contribution in [2.45, 2.75) is 25.4 Å². The van der Waals surface area contributed by atoms with Gasteiger partial charge in [-0.2, -0.15) is 13.2 Å². The van der Waals surface area contributed by atoms with E-state index >= 15 is 0 Å². The predicted molar refractivity (Wildman–Crippen MR) is 124 cm³/mol. The van der Waals surface area contributed by atoms with Crippen LogP contribution in [0.3, 0.4) is 0 Å². The molecule has 1 unspecified atom stereocenters. The number of nitrogens with zero attached hydrogens (tertiary/aromatic N) is 5. The maximum absolute atomic E-state index is 14.0. The number of fused-ring (bicyclic) bond motifs is 1. The standard InChI is InChI=1S/C24H27F3N6O/c1-15(12-20-31-28-14-33(20)4)16-6-5-7-17(13-16)23-29-18-8-9-19(34-11-10-32(2)3)21(22(18)30-23)24(25,26)27/h5-9,13-15H,10-12H2,1-4H3,(H,29,30). The van der Waals surface area contributed by atoms with Crippen molar-refractivity contribution in [2.75, 3.05) is 27.2 Å². The second-order valence-corrected chi connectivity index (χ2v) is 8.66. The van der Waals surface area contributed by atoms with Crippen molar-refractivity contribution >= 4 is 11.0 Å². The van der Waals surface area contributed by atoms with Crippen LogP contribution in [-0.4, -0.2) is 56.9 Å². The van der Waals surface area contributed by atoms with Crippen LogP contribution in [0.1, 0.15) is 29.8 Å². The fourth-order valence-corrected chi connectivity index (χ4v) is 3.80. The number of halogens is 3. The Hall–Kier alpha value is -3.40. The largest absolute Gasteiger partial charge is 0.492 e. The second kappa shape index (κ2) is 9.46. The molecular formula is C24H27F3N6O. The molecule has 0 aliphatic carbocycles. The average molecular weight is 473 g/mol. The molecule has 10 heteroatoms. The topological polar surface area (TPSA) is 71.9 Å². The summed E-state index contributed by atoms with van der Waals surface area (Å²) >= 11 is 0. The Labute approximate surface area is 195 Å². The van der Waals surface area contributed by atoms with E-state index in [2.05, 4.69) is 27.1 Å². The van der Waals surface area contributed by atoms with Gasteiger partial charge in [-0.05, 0) is 43.8 Å². The minimum absolute atomic E-state index is 0.134. The fraction of sp³-hybridized carbons (Fsp3) is 0.375. The molecule has 180 valence electrons. The first-order valence-corrected chi connectivity index (χ1v) is 10.9. The van der Waals surface area contributed by atoms with E-state index in [9.17, 15) is 13.2 Å². The Morgan fingerprint density at radius 2 is 1.97 bits per heavy atom. The maximum Gasteiger partial charge on any atom is 0.422 e. The van der Waals surface area contributed by atoms with Crippen LogP contribution in [0.4, 0.5) is 13.2 Å². The van der Waals surface area contributed by atoms with Crippen molar-refractivity contribution in [1.82, 2.24) is 29.6 Å². The number of benzene rings is 2. The Bertz CT molecular complexity index is 1280. The molecular weight excluding hydrogens is 445 g/mol. The lowest BCUT2D eigenvalue weighted by Gasteiger charge is -2.16. The smallest absolute Gasteiger partial charge is 0.422 e. The number of aromatic nitrogens is 5. The molecule has 0 saturated heterocycles. The van der Waals surface area contributed by atoms with Gasteiger partial charge in [0.1, 0.15) is 41.4 Å². The summed E-state index contributed by atoms with van der Waals surface area (Å²) in [6, 6.07) is 10.6. The molecule has 0 bridgehead atoms. The number of imidazole rings is 1. The van der Waals surface area contributed by atoms with Crippen LogP contribution in [0, 0.1) is 0 Å². The third kappa shape index (κ3) is 5.06. The van der Waals surface area contributed by atoms with E-state index in [0.717, 1.165) is 11.4 Å². The van der Waals surface area contributed by atoms with E-state index in [1.54, 1.807) is 12.4 Å². The molecule has 0 radical (unpaired) electrons. The predicted octanol–water partition coefficient (Wildman–Crippen LogP) is 4.66. The van der Waals surface area contributed by atoms with E-state index in [0.29, 0.717) is 29.9 Å². The van der Waals surface area contributed by atoms with Crippen LogP contribution in [0.2, 0.25) is 0 Å². The number of nitrogens with one attached hydrogen (secondary N) is 1. The van der Waals surface area contributed by atoms with E-state index < -0.39 is 11.7 Å². The van der Waals surface area contributed by atoms with Gasteiger partial charge >= 0.3 is 6.18 Å². The van der Waals surface area contributed by atoms with E-state index in [1.165, 1.54) is 6.07 Å². The zero-order valence-corrected chi connectivity index (χ0v) is 19.5. The van der Waals surface area contributed by atoms with Crippen molar-refractivity contribution in [1.29, 1.82) is 0 Å². The monoisotopic (exact) mass is 472 g/mol. The number of aryl methyl sites for hydroxylation is 1. The number of rotatable bonds is 8. The minimum Gasteiger partial charge on any atom is -0.492 e. The van der Waals surface area contributed by atoms with Crippen LogP contribution >= 0.6 is 0 Å². The fourth-order valence-electron chi connectivity index (χ4n) is 3.80. The molecule has 34 heavy (non-hydrogen) atoms. The first-order valence-electron chi connectivity index (χ1n) is 10.9. The van der Waals surface area contributed by atoms with Crippen molar-refractivity contribution in [3.05, 3.63) is 59.7 Å². The highest BCUT2D eigenvalue weighted by atomic mass is 19.4.